The molecule has 0 spiro atoms. The van der Waals surface area contributed by atoms with Gasteiger partial charge in [0.05, 0.1) is 11.9 Å². The lowest BCUT2D eigenvalue weighted by Gasteiger charge is -2.09. The van der Waals surface area contributed by atoms with E-state index in [1.807, 2.05) is 30.6 Å². The van der Waals surface area contributed by atoms with Crippen LogP contribution in [0.3, 0.4) is 0 Å². The van der Waals surface area contributed by atoms with Gasteiger partial charge in [0.25, 0.3) is 0 Å². The van der Waals surface area contributed by atoms with Crippen LogP contribution >= 0.6 is 0 Å². The van der Waals surface area contributed by atoms with Crippen molar-refractivity contribution in [2.45, 2.75) is 6.42 Å². The topological polar surface area (TPSA) is 65.4 Å². The maximum absolute atomic E-state index is 9.48. The molecule has 2 aromatic carbocycles. The highest BCUT2D eigenvalue weighted by atomic mass is 16.3. The summed E-state index contributed by atoms with van der Waals surface area (Å²) in [5.41, 5.74) is 1.96. The summed E-state index contributed by atoms with van der Waals surface area (Å²) in [6.45, 7) is 0.722. The Labute approximate surface area is 122 Å². The molecule has 1 aromatic heterocycles. The van der Waals surface area contributed by atoms with E-state index in [0.717, 1.165) is 35.0 Å². The van der Waals surface area contributed by atoms with E-state index in [0.29, 0.717) is 0 Å². The van der Waals surface area contributed by atoms with Crippen LogP contribution in [-0.4, -0.2) is 21.7 Å². The van der Waals surface area contributed by atoms with Crippen LogP contribution in [0.15, 0.2) is 54.9 Å². The number of nitrogens with zero attached hydrogens (tertiary/aromatic N) is 1. The Bertz CT molecular complexity index is 766. The molecule has 1 heterocycles. The molecular weight excluding hydrogens is 264 g/mol. The Hall–Kier alpha value is -2.75. The minimum absolute atomic E-state index is 0.0840. The zero-order valence-electron chi connectivity index (χ0n) is 11.5. The number of benzene rings is 2. The average Bonchev–Trinajstić information content (AvgIpc) is 2.51. The van der Waals surface area contributed by atoms with Crippen molar-refractivity contribution >= 4 is 16.5 Å². The van der Waals surface area contributed by atoms with Crippen LogP contribution in [-0.2, 0) is 6.42 Å². The number of aromatic nitrogens is 1. The molecule has 3 N–H and O–H groups in total. The fourth-order valence-electron chi connectivity index (χ4n) is 2.32. The molecule has 0 amide bonds. The molecule has 3 aromatic rings. The van der Waals surface area contributed by atoms with Crippen LogP contribution in [0.25, 0.3) is 10.8 Å². The number of rotatable bonds is 4. The molecule has 21 heavy (non-hydrogen) atoms. The van der Waals surface area contributed by atoms with Crippen molar-refractivity contribution in [2.24, 2.45) is 0 Å². The minimum atomic E-state index is -0.0926. The predicted octanol–water partition coefficient (Wildman–Crippen LogP) is 3.30. The molecule has 4 heteroatoms. The SMILES string of the molecule is Oc1ccc(CCNc2cncc3ccccc23)cc1O. The standard InChI is InChI=1S/C17H16N2O2/c20-16-6-5-12(9-17(16)21)7-8-19-15-11-18-10-13-3-1-2-4-14(13)15/h1-6,9-11,19-21H,7-8H2. The molecule has 0 bridgehead atoms. The number of hydrogen-bond acceptors (Lipinski definition) is 4. The fourth-order valence-corrected chi connectivity index (χ4v) is 2.32. The molecule has 0 saturated heterocycles. The first-order valence-corrected chi connectivity index (χ1v) is 6.81. The molecule has 4 nitrogen and oxygen atoms in total. The summed E-state index contributed by atoms with van der Waals surface area (Å²) in [6, 6.07) is 13.0. The van der Waals surface area contributed by atoms with Crippen molar-refractivity contribution in [1.82, 2.24) is 4.98 Å². The first-order valence-electron chi connectivity index (χ1n) is 6.81. The van der Waals surface area contributed by atoms with E-state index in [-0.39, 0.29) is 11.5 Å². The zero-order chi connectivity index (χ0) is 14.7. The predicted molar refractivity (Wildman–Crippen MR) is 83.7 cm³/mol. The highest BCUT2D eigenvalue weighted by Gasteiger charge is 2.02. The number of aromatic hydroxyl groups is 2. The summed E-state index contributed by atoms with van der Waals surface area (Å²) in [5, 5.41) is 24.4. The number of fused-ring (bicyclic) bond motifs is 1. The van der Waals surface area contributed by atoms with Crippen molar-refractivity contribution in [3.05, 3.63) is 60.4 Å². The molecule has 0 aliphatic carbocycles. The Balaban J connectivity index is 1.70. The fraction of sp³-hybridized carbons (Fsp3) is 0.118. The number of pyridine rings is 1. The van der Waals surface area contributed by atoms with Gasteiger partial charge in [-0.2, -0.15) is 0 Å². The molecule has 0 radical (unpaired) electrons. The quantitative estimate of drug-likeness (QED) is 0.642. The molecule has 0 saturated carbocycles. The van der Waals surface area contributed by atoms with Crippen LogP contribution in [0.2, 0.25) is 0 Å². The van der Waals surface area contributed by atoms with Crippen LogP contribution < -0.4 is 5.32 Å². The van der Waals surface area contributed by atoms with Gasteiger partial charge in [-0.15, -0.1) is 0 Å². The normalized spacial score (nSPS) is 10.7. The van der Waals surface area contributed by atoms with Gasteiger partial charge in [0.15, 0.2) is 11.5 Å². The van der Waals surface area contributed by atoms with E-state index in [1.54, 1.807) is 12.1 Å². The van der Waals surface area contributed by atoms with E-state index in [1.165, 1.54) is 6.07 Å². The average molecular weight is 280 g/mol. The molecule has 0 aliphatic heterocycles. The van der Waals surface area contributed by atoms with Gasteiger partial charge in [0, 0.05) is 23.5 Å². The first kappa shape index (κ1) is 13.2. The van der Waals surface area contributed by atoms with Crippen molar-refractivity contribution in [3.63, 3.8) is 0 Å². The van der Waals surface area contributed by atoms with Crippen molar-refractivity contribution in [1.29, 1.82) is 0 Å². The van der Waals surface area contributed by atoms with Crippen LogP contribution in [0, 0.1) is 0 Å². The van der Waals surface area contributed by atoms with E-state index in [9.17, 15) is 10.2 Å². The lowest BCUT2D eigenvalue weighted by molar-refractivity contribution is 0.403. The third-order valence-electron chi connectivity index (χ3n) is 3.44. The Morgan fingerprint density at radius 2 is 1.81 bits per heavy atom. The zero-order valence-corrected chi connectivity index (χ0v) is 11.5. The van der Waals surface area contributed by atoms with Crippen LogP contribution in [0.5, 0.6) is 11.5 Å². The third-order valence-corrected chi connectivity index (χ3v) is 3.44. The number of phenolic OH excluding ortho intramolecular Hbond substituents is 2. The number of phenols is 2. The second-order valence-electron chi connectivity index (χ2n) is 4.91. The summed E-state index contributed by atoms with van der Waals surface area (Å²) < 4.78 is 0. The van der Waals surface area contributed by atoms with E-state index >= 15 is 0 Å². The van der Waals surface area contributed by atoms with Crippen molar-refractivity contribution in [2.75, 3.05) is 11.9 Å². The van der Waals surface area contributed by atoms with Crippen molar-refractivity contribution < 1.29 is 10.2 Å². The van der Waals surface area contributed by atoms with Gasteiger partial charge < -0.3 is 15.5 Å². The second kappa shape index (κ2) is 5.71. The second-order valence-corrected chi connectivity index (χ2v) is 4.91. The molecule has 106 valence electrons. The summed E-state index contributed by atoms with van der Waals surface area (Å²) in [6.07, 6.45) is 4.41. The first-order chi connectivity index (χ1) is 10.2. The van der Waals surface area contributed by atoms with Gasteiger partial charge in [-0.3, -0.25) is 4.98 Å². The molecular formula is C17H16N2O2. The number of anilines is 1. The number of nitrogens with one attached hydrogen (secondary N) is 1. The Morgan fingerprint density at radius 1 is 0.952 bits per heavy atom. The van der Waals surface area contributed by atoms with Gasteiger partial charge in [0.2, 0.25) is 0 Å². The lowest BCUT2D eigenvalue weighted by Crippen LogP contribution is -2.05. The highest BCUT2D eigenvalue weighted by Crippen LogP contribution is 2.25. The van der Waals surface area contributed by atoms with Gasteiger partial charge in [-0.25, -0.2) is 0 Å². The summed E-state index contributed by atoms with van der Waals surface area (Å²) in [4.78, 5) is 4.23. The molecule has 0 unspecified atom stereocenters. The largest absolute Gasteiger partial charge is 0.504 e. The smallest absolute Gasteiger partial charge is 0.157 e. The van der Waals surface area contributed by atoms with Gasteiger partial charge in [-0.1, -0.05) is 30.3 Å². The lowest BCUT2D eigenvalue weighted by atomic mass is 10.1. The molecule has 3 rings (SSSR count). The van der Waals surface area contributed by atoms with E-state index < -0.39 is 0 Å². The third kappa shape index (κ3) is 2.89. The van der Waals surface area contributed by atoms with E-state index in [4.69, 9.17) is 0 Å². The van der Waals surface area contributed by atoms with Crippen LogP contribution in [0.1, 0.15) is 5.56 Å². The maximum Gasteiger partial charge on any atom is 0.157 e. The Kier molecular flexibility index (Phi) is 3.60. The van der Waals surface area contributed by atoms with Crippen molar-refractivity contribution in [3.8, 4) is 11.5 Å². The summed E-state index contributed by atoms with van der Waals surface area (Å²) in [5.74, 6) is -0.177. The van der Waals surface area contributed by atoms with Gasteiger partial charge in [-0.05, 0) is 24.1 Å². The summed E-state index contributed by atoms with van der Waals surface area (Å²) >= 11 is 0. The van der Waals surface area contributed by atoms with Crippen LogP contribution in [0.4, 0.5) is 5.69 Å². The maximum atomic E-state index is 9.48. The van der Waals surface area contributed by atoms with Gasteiger partial charge >= 0.3 is 0 Å². The number of hydrogen-bond donors (Lipinski definition) is 3. The molecule has 0 fully saturated rings. The summed E-state index contributed by atoms with van der Waals surface area (Å²) in [7, 11) is 0. The Morgan fingerprint density at radius 3 is 2.67 bits per heavy atom. The molecule has 0 aliphatic rings. The van der Waals surface area contributed by atoms with Gasteiger partial charge in [0.1, 0.15) is 0 Å². The minimum Gasteiger partial charge on any atom is -0.504 e. The van der Waals surface area contributed by atoms with E-state index in [2.05, 4.69) is 16.4 Å². The highest BCUT2D eigenvalue weighted by molar-refractivity contribution is 5.92. The molecule has 0 atom stereocenters. The monoisotopic (exact) mass is 280 g/mol.